The van der Waals surface area contributed by atoms with E-state index < -0.39 is 0 Å². The van der Waals surface area contributed by atoms with Crippen molar-refractivity contribution in [3.05, 3.63) is 56.2 Å². The summed E-state index contributed by atoms with van der Waals surface area (Å²) in [5, 5.41) is 5.94. The molecule has 0 bridgehead atoms. The number of hydrogen-bond donors (Lipinski definition) is 1. The molecule has 0 fully saturated rings. The molecule has 1 heterocycles. The molecule has 18 heavy (non-hydrogen) atoms. The number of aryl methyl sites for hydroxylation is 1. The van der Waals surface area contributed by atoms with Crippen molar-refractivity contribution in [2.24, 2.45) is 5.10 Å². The Morgan fingerprint density at radius 2 is 2.28 bits per heavy atom. The van der Waals surface area contributed by atoms with Gasteiger partial charge in [0, 0.05) is 14.9 Å². The molecule has 0 atom stereocenters. The molecule has 0 aliphatic heterocycles. The highest BCUT2D eigenvalue weighted by Crippen LogP contribution is 2.13. The van der Waals surface area contributed by atoms with E-state index in [1.807, 2.05) is 30.5 Å². The van der Waals surface area contributed by atoms with E-state index in [1.54, 1.807) is 29.7 Å². The predicted octanol–water partition coefficient (Wildman–Crippen LogP) is 3.58. The van der Waals surface area contributed by atoms with Gasteiger partial charge in [0.25, 0.3) is 5.91 Å². The number of thiophene rings is 1. The summed E-state index contributed by atoms with van der Waals surface area (Å²) in [4.78, 5) is 12.8. The van der Waals surface area contributed by atoms with Crippen molar-refractivity contribution in [1.29, 1.82) is 0 Å². The van der Waals surface area contributed by atoms with Crippen LogP contribution in [-0.4, -0.2) is 12.1 Å². The van der Waals surface area contributed by atoms with Gasteiger partial charge in [-0.3, -0.25) is 4.79 Å². The molecule has 0 radical (unpaired) electrons. The third kappa shape index (κ3) is 3.27. The van der Waals surface area contributed by atoms with Crippen LogP contribution in [0.15, 0.2) is 45.3 Å². The van der Waals surface area contributed by atoms with Crippen LogP contribution in [0.4, 0.5) is 0 Å². The summed E-state index contributed by atoms with van der Waals surface area (Å²) >= 11 is 4.91. The lowest BCUT2D eigenvalue weighted by atomic mass is 10.2. The molecule has 3 nitrogen and oxygen atoms in total. The molecule has 92 valence electrons. The number of nitrogens with zero attached hydrogens (tertiary/aromatic N) is 1. The van der Waals surface area contributed by atoms with Gasteiger partial charge in [0.1, 0.15) is 0 Å². The Morgan fingerprint density at radius 3 is 2.94 bits per heavy atom. The van der Waals surface area contributed by atoms with E-state index in [9.17, 15) is 4.79 Å². The molecule has 2 rings (SSSR count). The van der Waals surface area contributed by atoms with Crippen LogP contribution in [0.5, 0.6) is 0 Å². The number of carbonyl (C=O) groups is 1. The van der Waals surface area contributed by atoms with Crippen LogP contribution in [0.2, 0.25) is 0 Å². The van der Waals surface area contributed by atoms with Crippen LogP contribution >= 0.6 is 27.3 Å². The first-order chi connectivity index (χ1) is 8.66. The maximum Gasteiger partial charge on any atom is 0.271 e. The zero-order chi connectivity index (χ0) is 13.0. The molecule has 1 N–H and O–H groups in total. The zero-order valence-corrected chi connectivity index (χ0v) is 12.1. The number of nitrogens with one attached hydrogen (secondary N) is 1. The predicted molar refractivity (Wildman–Crippen MR) is 78.3 cm³/mol. The van der Waals surface area contributed by atoms with E-state index in [2.05, 4.69) is 26.5 Å². The highest BCUT2D eigenvalue weighted by Gasteiger charge is 2.03. The van der Waals surface area contributed by atoms with Crippen LogP contribution < -0.4 is 5.43 Å². The van der Waals surface area contributed by atoms with Gasteiger partial charge in [-0.2, -0.15) is 5.10 Å². The molecule has 1 aromatic heterocycles. The minimum Gasteiger partial charge on any atom is -0.267 e. The van der Waals surface area contributed by atoms with Gasteiger partial charge in [-0.25, -0.2) is 5.43 Å². The first kappa shape index (κ1) is 13.0. The number of carbonyl (C=O) groups excluding carboxylic acids is 1. The van der Waals surface area contributed by atoms with Crippen LogP contribution in [-0.2, 0) is 0 Å². The van der Waals surface area contributed by atoms with Crippen molar-refractivity contribution in [2.45, 2.75) is 6.92 Å². The van der Waals surface area contributed by atoms with Crippen LogP contribution in [0, 0.1) is 6.92 Å². The number of halogens is 1. The minimum atomic E-state index is -0.221. The van der Waals surface area contributed by atoms with Crippen molar-refractivity contribution >= 4 is 39.4 Å². The zero-order valence-electron chi connectivity index (χ0n) is 9.68. The fourth-order valence-electron chi connectivity index (χ4n) is 1.36. The number of benzene rings is 1. The summed E-state index contributed by atoms with van der Waals surface area (Å²) in [5.74, 6) is -0.221. The highest BCUT2D eigenvalue weighted by atomic mass is 79.9. The molecule has 0 unspecified atom stereocenters. The lowest BCUT2D eigenvalue weighted by molar-refractivity contribution is 0.0955. The average Bonchev–Trinajstić information content (AvgIpc) is 2.75. The standard InChI is InChI=1S/C13H11BrN2OS/c1-9-5-6-18-12(9)8-15-16-13(17)10-3-2-4-11(14)7-10/h2-8H,1H3,(H,16,17)/b15-8+. The van der Waals surface area contributed by atoms with Crippen molar-refractivity contribution in [3.8, 4) is 0 Å². The molecule has 0 saturated carbocycles. The second kappa shape index (κ2) is 5.93. The lowest BCUT2D eigenvalue weighted by Crippen LogP contribution is -2.17. The summed E-state index contributed by atoms with van der Waals surface area (Å²) in [6.07, 6.45) is 1.66. The number of rotatable bonds is 3. The van der Waals surface area contributed by atoms with Gasteiger partial charge in [-0.15, -0.1) is 11.3 Å². The van der Waals surface area contributed by atoms with Gasteiger partial charge in [-0.1, -0.05) is 22.0 Å². The summed E-state index contributed by atoms with van der Waals surface area (Å²) < 4.78 is 0.869. The molecule has 1 amide bonds. The van der Waals surface area contributed by atoms with Crippen LogP contribution in [0.1, 0.15) is 20.8 Å². The second-order valence-electron chi connectivity index (χ2n) is 3.68. The maximum absolute atomic E-state index is 11.8. The molecule has 0 aliphatic carbocycles. The van der Waals surface area contributed by atoms with E-state index >= 15 is 0 Å². The quantitative estimate of drug-likeness (QED) is 0.681. The summed E-state index contributed by atoms with van der Waals surface area (Å²) in [6, 6.07) is 9.19. The largest absolute Gasteiger partial charge is 0.271 e. The van der Waals surface area contributed by atoms with Crippen molar-refractivity contribution in [2.75, 3.05) is 0 Å². The van der Waals surface area contributed by atoms with E-state index in [-0.39, 0.29) is 5.91 Å². The summed E-state index contributed by atoms with van der Waals surface area (Å²) in [6.45, 7) is 2.01. The van der Waals surface area contributed by atoms with E-state index in [0.29, 0.717) is 5.56 Å². The topological polar surface area (TPSA) is 41.5 Å². The SMILES string of the molecule is Cc1ccsc1/C=N/NC(=O)c1cccc(Br)c1. The van der Waals surface area contributed by atoms with Gasteiger partial charge in [0.05, 0.1) is 6.21 Å². The number of amides is 1. The molecular formula is C13H11BrN2OS. The first-order valence-corrected chi connectivity index (χ1v) is 6.97. The molecule has 1 aromatic carbocycles. The van der Waals surface area contributed by atoms with E-state index in [0.717, 1.165) is 14.9 Å². The fraction of sp³-hybridized carbons (Fsp3) is 0.0769. The number of hydrazone groups is 1. The van der Waals surface area contributed by atoms with Gasteiger partial charge in [0.2, 0.25) is 0 Å². The van der Waals surface area contributed by atoms with Crippen molar-refractivity contribution < 1.29 is 4.79 Å². The van der Waals surface area contributed by atoms with Gasteiger partial charge >= 0.3 is 0 Å². The third-order valence-corrected chi connectivity index (χ3v) is 3.78. The Kier molecular flexibility index (Phi) is 4.28. The molecule has 0 aliphatic rings. The van der Waals surface area contributed by atoms with Crippen molar-refractivity contribution in [1.82, 2.24) is 5.43 Å². The lowest BCUT2D eigenvalue weighted by Gasteiger charge is -1.99. The third-order valence-electron chi connectivity index (χ3n) is 2.34. The minimum absolute atomic E-state index is 0.221. The van der Waals surface area contributed by atoms with Crippen LogP contribution in [0.3, 0.4) is 0 Å². The van der Waals surface area contributed by atoms with Gasteiger partial charge < -0.3 is 0 Å². The monoisotopic (exact) mass is 322 g/mol. The van der Waals surface area contributed by atoms with Crippen LogP contribution in [0.25, 0.3) is 0 Å². The summed E-state index contributed by atoms with van der Waals surface area (Å²) in [5.41, 5.74) is 4.23. The van der Waals surface area contributed by atoms with Crippen molar-refractivity contribution in [3.63, 3.8) is 0 Å². The Hall–Kier alpha value is -1.46. The molecule has 2 aromatic rings. The maximum atomic E-state index is 11.8. The Balaban J connectivity index is 2.01. The smallest absolute Gasteiger partial charge is 0.267 e. The summed E-state index contributed by atoms with van der Waals surface area (Å²) in [7, 11) is 0. The fourth-order valence-corrected chi connectivity index (χ4v) is 2.55. The molecular weight excluding hydrogens is 312 g/mol. The van der Waals surface area contributed by atoms with E-state index in [4.69, 9.17) is 0 Å². The molecule has 5 heteroatoms. The molecule has 0 saturated heterocycles. The van der Waals surface area contributed by atoms with Gasteiger partial charge in [-0.05, 0) is 42.1 Å². The normalized spacial score (nSPS) is 10.8. The first-order valence-electron chi connectivity index (χ1n) is 5.30. The molecule has 0 spiro atoms. The van der Waals surface area contributed by atoms with E-state index in [1.165, 1.54) is 0 Å². The van der Waals surface area contributed by atoms with Gasteiger partial charge in [0.15, 0.2) is 0 Å². The second-order valence-corrected chi connectivity index (χ2v) is 5.54. The Bertz CT molecular complexity index is 592. The Labute approximate surface area is 118 Å². The highest BCUT2D eigenvalue weighted by molar-refractivity contribution is 9.10. The number of hydrogen-bond acceptors (Lipinski definition) is 3. The average molecular weight is 323 g/mol. The Morgan fingerprint density at radius 1 is 1.44 bits per heavy atom.